The SMILES string of the molecule is O=C(c1ccc2nccnc2c1)N1C2CCC1c1cncnc1C2. The van der Waals surface area contributed by atoms with Gasteiger partial charge in [-0.3, -0.25) is 14.8 Å². The van der Waals surface area contributed by atoms with Gasteiger partial charge in [0.15, 0.2) is 0 Å². The zero-order valence-electron chi connectivity index (χ0n) is 13.0. The second kappa shape index (κ2) is 5.06. The molecule has 6 heteroatoms. The Morgan fingerprint density at radius 1 is 1.08 bits per heavy atom. The summed E-state index contributed by atoms with van der Waals surface area (Å²) < 4.78 is 0. The average Bonchev–Trinajstić information content (AvgIpc) is 2.95. The third kappa shape index (κ3) is 1.92. The number of aromatic nitrogens is 4. The molecule has 5 rings (SSSR count). The second-order valence-corrected chi connectivity index (χ2v) is 6.35. The van der Waals surface area contributed by atoms with Gasteiger partial charge >= 0.3 is 0 Å². The van der Waals surface area contributed by atoms with Crippen LogP contribution in [0.2, 0.25) is 0 Å². The van der Waals surface area contributed by atoms with Crippen molar-refractivity contribution in [1.82, 2.24) is 24.8 Å². The molecule has 1 aromatic carbocycles. The lowest BCUT2D eigenvalue weighted by molar-refractivity contribution is 0.0644. The Labute approximate surface area is 138 Å². The smallest absolute Gasteiger partial charge is 0.254 e. The highest BCUT2D eigenvalue weighted by Crippen LogP contribution is 2.43. The highest BCUT2D eigenvalue weighted by atomic mass is 16.2. The molecule has 118 valence electrons. The van der Waals surface area contributed by atoms with Gasteiger partial charge in [-0.15, -0.1) is 0 Å². The minimum atomic E-state index is 0.0598. The lowest BCUT2D eigenvalue weighted by atomic mass is 9.98. The van der Waals surface area contributed by atoms with Gasteiger partial charge in [0.1, 0.15) is 6.33 Å². The first-order valence-electron chi connectivity index (χ1n) is 8.13. The standard InChI is InChI=1S/C18H15N5O/c24-18(11-1-3-14-16(7-11)21-6-5-20-14)23-12-2-4-17(23)13-9-19-10-22-15(13)8-12/h1,3,5-7,9-10,12,17H,2,4,8H2. The molecule has 4 heterocycles. The molecular formula is C18H15N5O. The minimum Gasteiger partial charge on any atom is -0.328 e. The number of fused-ring (bicyclic) bond motifs is 5. The van der Waals surface area contributed by atoms with E-state index in [2.05, 4.69) is 19.9 Å². The van der Waals surface area contributed by atoms with E-state index in [4.69, 9.17) is 0 Å². The van der Waals surface area contributed by atoms with Gasteiger partial charge in [0.25, 0.3) is 5.91 Å². The van der Waals surface area contributed by atoms with Crippen molar-refractivity contribution in [3.8, 4) is 0 Å². The Balaban J connectivity index is 1.55. The largest absolute Gasteiger partial charge is 0.328 e. The van der Waals surface area contributed by atoms with E-state index in [9.17, 15) is 4.79 Å². The van der Waals surface area contributed by atoms with E-state index in [1.165, 1.54) is 0 Å². The molecule has 0 aliphatic carbocycles. The van der Waals surface area contributed by atoms with Crippen LogP contribution in [0.25, 0.3) is 11.0 Å². The molecule has 0 saturated carbocycles. The van der Waals surface area contributed by atoms with E-state index in [1.54, 1.807) is 18.7 Å². The normalized spacial score (nSPS) is 21.8. The maximum atomic E-state index is 13.2. The maximum Gasteiger partial charge on any atom is 0.254 e. The zero-order chi connectivity index (χ0) is 16.1. The molecule has 1 saturated heterocycles. The molecule has 24 heavy (non-hydrogen) atoms. The molecular weight excluding hydrogens is 302 g/mol. The summed E-state index contributed by atoms with van der Waals surface area (Å²) in [5.74, 6) is 0.0598. The number of rotatable bonds is 1. The molecule has 2 aromatic heterocycles. The Morgan fingerprint density at radius 2 is 1.96 bits per heavy atom. The van der Waals surface area contributed by atoms with Crippen LogP contribution in [-0.4, -0.2) is 36.8 Å². The van der Waals surface area contributed by atoms with Crippen molar-refractivity contribution in [2.24, 2.45) is 0 Å². The first-order chi connectivity index (χ1) is 11.8. The zero-order valence-corrected chi connectivity index (χ0v) is 13.0. The summed E-state index contributed by atoms with van der Waals surface area (Å²) in [5, 5.41) is 0. The van der Waals surface area contributed by atoms with Crippen molar-refractivity contribution in [2.45, 2.75) is 31.3 Å². The first-order valence-corrected chi connectivity index (χ1v) is 8.13. The molecule has 3 aromatic rings. The van der Waals surface area contributed by atoms with Crippen LogP contribution in [-0.2, 0) is 6.42 Å². The molecule has 1 amide bonds. The maximum absolute atomic E-state index is 13.2. The number of benzene rings is 1. The summed E-state index contributed by atoms with van der Waals surface area (Å²) in [7, 11) is 0. The summed E-state index contributed by atoms with van der Waals surface area (Å²) in [6, 6.07) is 5.85. The Kier molecular flexibility index (Phi) is 2.85. The predicted molar refractivity (Wildman–Crippen MR) is 87.2 cm³/mol. The van der Waals surface area contributed by atoms with Gasteiger partial charge in [-0.1, -0.05) is 0 Å². The van der Waals surface area contributed by atoms with Crippen molar-refractivity contribution in [3.63, 3.8) is 0 Å². The summed E-state index contributed by atoms with van der Waals surface area (Å²) >= 11 is 0. The van der Waals surface area contributed by atoms with E-state index in [0.717, 1.165) is 41.6 Å². The molecule has 0 N–H and O–H groups in total. The van der Waals surface area contributed by atoms with Crippen molar-refractivity contribution < 1.29 is 4.79 Å². The van der Waals surface area contributed by atoms with E-state index in [-0.39, 0.29) is 18.0 Å². The van der Waals surface area contributed by atoms with Crippen molar-refractivity contribution in [3.05, 3.63) is 59.9 Å². The Hall–Kier alpha value is -2.89. The fourth-order valence-corrected chi connectivity index (χ4v) is 3.98. The monoisotopic (exact) mass is 317 g/mol. The molecule has 2 atom stereocenters. The molecule has 2 unspecified atom stereocenters. The summed E-state index contributed by atoms with van der Waals surface area (Å²) in [6.45, 7) is 0. The Morgan fingerprint density at radius 3 is 2.88 bits per heavy atom. The number of nitrogens with zero attached hydrogens (tertiary/aromatic N) is 5. The van der Waals surface area contributed by atoms with Crippen LogP contribution in [0.15, 0.2) is 43.1 Å². The van der Waals surface area contributed by atoms with Crippen LogP contribution in [0, 0.1) is 0 Å². The van der Waals surface area contributed by atoms with Crippen LogP contribution < -0.4 is 0 Å². The van der Waals surface area contributed by atoms with Gasteiger partial charge < -0.3 is 4.90 Å². The van der Waals surface area contributed by atoms with Crippen molar-refractivity contribution in [2.75, 3.05) is 0 Å². The molecule has 0 spiro atoms. The lowest BCUT2D eigenvalue weighted by Crippen LogP contribution is -2.42. The molecule has 2 aliphatic rings. The number of hydrogen-bond donors (Lipinski definition) is 0. The molecule has 1 fully saturated rings. The van der Waals surface area contributed by atoms with Crippen molar-refractivity contribution >= 4 is 16.9 Å². The van der Waals surface area contributed by atoms with Crippen LogP contribution in [0.1, 0.15) is 40.5 Å². The molecule has 2 aliphatic heterocycles. The van der Waals surface area contributed by atoms with Gasteiger partial charge in [0.2, 0.25) is 0 Å². The fraction of sp³-hybridized carbons (Fsp3) is 0.278. The summed E-state index contributed by atoms with van der Waals surface area (Å²) in [5.41, 5.74) is 4.40. The lowest BCUT2D eigenvalue weighted by Gasteiger charge is -2.35. The third-order valence-corrected chi connectivity index (χ3v) is 5.07. The third-order valence-electron chi connectivity index (χ3n) is 5.07. The number of amides is 1. The average molecular weight is 317 g/mol. The van der Waals surface area contributed by atoms with Gasteiger partial charge in [0, 0.05) is 42.2 Å². The second-order valence-electron chi connectivity index (χ2n) is 6.35. The van der Waals surface area contributed by atoms with E-state index < -0.39 is 0 Å². The predicted octanol–water partition coefficient (Wildman–Crippen LogP) is 2.32. The molecule has 2 bridgehead atoms. The van der Waals surface area contributed by atoms with Crippen LogP contribution in [0.3, 0.4) is 0 Å². The quantitative estimate of drug-likeness (QED) is 0.689. The van der Waals surface area contributed by atoms with Crippen molar-refractivity contribution in [1.29, 1.82) is 0 Å². The fourth-order valence-electron chi connectivity index (χ4n) is 3.98. The van der Waals surface area contributed by atoms with E-state index in [1.807, 2.05) is 29.3 Å². The first kappa shape index (κ1) is 13.5. The van der Waals surface area contributed by atoms with E-state index >= 15 is 0 Å². The van der Waals surface area contributed by atoms with Gasteiger partial charge in [-0.2, -0.15) is 0 Å². The molecule has 0 radical (unpaired) electrons. The van der Waals surface area contributed by atoms with Gasteiger partial charge in [-0.05, 0) is 31.0 Å². The number of carbonyl (C=O) groups excluding carboxylic acids is 1. The van der Waals surface area contributed by atoms with Crippen LogP contribution in [0.4, 0.5) is 0 Å². The van der Waals surface area contributed by atoms with Crippen LogP contribution >= 0.6 is 0 Å². The van der Waals surface area contributed by atoms with Crippen LogP contribution in [0.5, 0.6) is 0 Å². The number of carbonyl (C=O) groups is 1. The van der Waals surface area contributed by atoms with E-state index in [0.29, 0.717) is 5.56 Å². The number of hydrogen-bond acceptors (Lipinski definition) is 5. The Bertz CT molecular complexity index is 957. The highest BCUT2D eigenvalue weighted by molar-refractivity contribution is 5.98. The minimum absolute atomic E-state index is 0.0598. The summed E-state index contributed by atoms with van der Waals surface area (Å²) in [4.78, 5) is 32.3. The van der Waals surface area contributed by atoms with Gasteiger partial charge in [0.05, 0.1) is 22.8 Å². The highest BCUT2D eigenvalue weighted by Gasteiger charge is 2.43. The summed E-state index contributed by atoms with van der Waals surface area (Å²) in [6.07, 6.45) is 9.57. The van der Waals surface area contributed by atoms with Gasteiger partial charge in [-0.25, -0.2) is 9.97 Å². The topological polar surface area (TPSA) is 71.9 Å². The molecule has 6 nitrogen and oxygen atoms in total.